The van der Waals surface area contributed by atoms with Crippen molar-refractivity contribution < 1.29 is 13.2 Å². The van der Waals surface area contributed by atoms with E-state index >= 15 is 0 Å². The molecule has 0 saturated carbocycles. The van der Waals surface area contributed by atoms with Crippen LogP contribution in [-0.2, 0) is 6.18 Å². The van der Waals surface area contributed by atoms with E-state index in [-0.39, 0.29) is 5.02 Å². The molecule has 0 radical (unpaired) electrons. The van der Waals surface area contributed by atoms with Gasteiger partial charge in [-0.3, -0.25) is 0 Å². The van der Waals surface area contributed by atoms with Crippen molar-refractivity contribution in [3.05, 3.63) is 28.8 Å². The number of anilines is 1. The van der Waals surface area contributed by atoms with Gasteiger partial charge in [0.2, 0.25) is 0 Å². The highest BCUT2D eigenvalue weighted by atomic mass is 35.5. The zero-order chi connectivity index (χ0) is 14.5. The Labute approximate surface area is 120 Å². The lowest BCUT2D eigenvalue weighted by Crippen LogP contribution is -2.16. The minimum Gasteiger partial charge on any atom is -0.383 e. The van der Waals surface area contributed by atoms with Crippen LogP contribution in [0.25, 0.3) is 0 Å². The van der Waals surface area contributed by atoms with E-state index in [4.69, 9.17) is 11.6 Å². The fourth-order valence-electron chi connectivity index (χ4n) is 1.62. The number of hydrogen-bond acceptors (Lipinski definition) is 2. The lowest BCUT2D eigenvalue weighted by atomic mass is 10.2. The van der Waals surface area contributed by atoms with E-state index in [1.807, 2.05) is 11.8 Å². The average Bonchev–Trinajstić information content (AvgIpc) is 2.34. The predicted molar refractivity (Wildman–Crippen MR) is 77.2 cm³/mol. The van der Waals surface area contributed by atoms with E-state index in [9.17, 15) is 13.2 Å². The zero-order valence-corrected chi connectivity index (χ0v) is 12.4. The summed E-state index contributed by atoms with van der Waals surface area (Å²) in [6, 6.07) is 3.38. The average molecular weight is 312 g/mol. The van der Waals surface area contributed by atoms with Crippen LogP contribution in [0.15, 0.2) is 18.2 Å². The monoisotopic (exact) mass is 311 g/mol. The lowest BCUT2D eigenvalue weighted by molar-refractivity contribution is -0.137. The maximum atomic E-state index is 12.5. The van der Waals surface area contributed by atoms with Crippen molar-refractivity contribution in [1.82, 2.24) is 0 Å². The van der Waals surface area contributed by atoms with Crippen molar-refractivity contribution in [2.75, 3.05) is 17.6 Å². The number of rotatable bonds is 6. The Hall–Kier alpha value is -0.550. The first-order valence-corrected chi connectivity index (χ1v) is 7.53. The standard InChI is InChI=1S/C13H17ClF3NS/c1-3-10(19-4-2)8-18-12-6-5-9(7-11(12)14)13(15,16)17/h5-7,10,18H,3-4,8H2,1-2H3. The molecule has 0 amide bonds. The van der Waals surface area contributed by atoms with Gasteiger partial charge >= 0.3 is 6.18 Å². The van der Waals surface area contributed by atoms with E-state index in [1.54, 1.807) is 0 Å². The van der Waals surface area contributed by atoms with Crippen molar-refractivity contribution in [2.45, 2.75) is 31.7 Å². The number of nitrogens with one attached hydrogen (secondary N) is 1. The van der Waals surface area contributed by atoms with Crippen LogP contribution in [-0.4, -0.2) is 17.5 Å². The summed E-state index contributed by atoms with van der Waals surface area (Å²) in [6.07, 6.45) is -3.35. The molecule has 0 aliphatic rings. The molecule has 19 heavy (non-hydrogen) atoms. The first-order valence-electron chi connectivity index (χ1n) is 6.10. The van der Waals surface area contributed by atoms with E-state index in [0.29, 0.717) is 17.5 Å². The summed E-state index contributed by atoms with van der Waals surface area (Å²) in [5.41, 5.74) is -0.178. The molecule has 1 rings (SSSR count). The summed E-state index contributed by atoms with van der Waals surface area (Å²) >= 11 is 7.69. The second-order valence-corrected chi connectivity index (χ2v) is 6.04. The van der Waals surface area contributed by atoms with Crippen LogP contribution in [0.5, 0.6) is 0 Å². The number of halogens is 4. The molecule has 1 N–H and O–H groups in total. The maximum Gasteiger partial charge on any atom is 0.416 e. The van der Waals surface area contributed by atoms with Crippen molar-refractivity contribution in [3.8, 4) is 0 Å². The summed E-state index contributed by atoms with van der Waals surface area (Å²) in [5, 5.41) is 3.64. The van der Waals surface area contributed by atoms with E-state index in [0.717, 1.165) is 24.3 Å². The lowest BCUT2D eigenvalue weighted by Gasteiger charge is -2.17. The molecule has 0 aliphatic carbocycles. The number of benzene rings is 1. The Morgan fingerprint density at radius 2 is 2.00 bits per heavy atom. The Bertz CT molecular complexity index is 409. The minimum absolute atomic E-state index is 0.103. The third-order valence-corrected chi connectivity index (χ3v) is 4.29. The maximum absolute atomic E-state index is 12.5. The molecule has 1 aromatic rings. The van der Waals surface area contributed by atoms with E-state index in [2.05, 4.69) is 19.2 Å². The van der Waals surface area contributed by atoms with Crippen LogP contribution in [0.4, 0.5) is 18.9 Å². The first kappa shape index (κ1) is 16.5. The predicted octanol–water partition coefficient (Wildman–Crippen LogP) is 5.30. The third-order valence-electron chi connectivity index (χ3n) is 2.67. The second-order valence-electron chi connectivity index (χ2n) is 4.06. The Morgan fingerprint density at radius 1 is 1.32 bits per heavy atom. The summed E-state index contributed by atoms with van der Waals surface area (Å²) in [4.78, 5) is 0. The molecular weight excluding hydrogens is 295 g/mol. The molecule has 1 unspecified atom stereocenters. The first-order chi connectivity index (χ1) is 8.88. The fraction of sp³-hybridized carbons (Fsp3) is 0.538. The van der Waals surface area contributed by atoms with Crippen molar-refractivity contribution in [1.29, 1.82) is 0 Å². The van der Waals surface area contributed by atoms with Crippen molar-refractivity contribution in [2.24, 2.45) is 0 Å². The smallest absolute Gasteiger partial charge is 0.383 e. The Morgan fingerprint density at radius 3 is 2.47 bits per heavy atom. The van der Waals surface area contributed by atoms with Crippen LogP contribution >= 0.6 is 23.4 Å². The highest BCUT2D eigenvalue weighted by Crippen LogP contribution is 2.33. The van der Waals surface area contributed by atoms with E-state index < -0.39 is 11.7 Å². The minimum atomic E-state index is -4.35. The molecule has 0 bridgehead atoms. The van der Waals surface area contributed by atoms with Crippen LogP contribution < -0.4 is 5.32 Å². The Balaban J connectivity index is 2.70. The van der Waals surface area contributed by atoms with Gasteiger partial charge < -0.3 is 5.32 Å². The summed E-state index contributed by atoms with van der Waals surface area (Å²) < 4.78 is 37.5. The van der Waals surface area contributed by atoms with Gasteiger partial charge in [-0.15, -0.1) is 0 Å². The number of alkyl halides is 3. The van der Waals surface area contributed by atoms with Gasteiger partial charge in [-0.05, 0) is 30.4 Å². The molecule has 0 aliphatic heterocycles. The van der Waals surface area contributed by atoms with Gasteiger partial charge in [0, 0.05) is 11.8 Å². The van der Waals surface area contributed by atoms with Crippen LogP contribution in [0.2, 0.25) is 5.02 Å². The number of hydrogen-bond donors (Lipinski definition) is 1. The van der Waals surface area contributed by atoms with Gasteiger partial charge in [-0.2, -0.15) is 24.9 Å². The summed E-state index contributed by atoms with van der Waals surface area (Å²) in [6.45, 7) is 4.86. The number of thioether (sulfide) groups is 1. The van der Waals surface area contributed by atoms with Crippen LogP contribution in [0, 0.1) is 0 Å². The largest absolute Gasteiger partial charge is 0.416 e. The fourth-order valence-corrected chi connectivity index (χ4v) is 2.77. The van der Waals surface area contributed by atoms with E-state index in [1.165, 1.54) is 6.07 Å². The molecule has 1 nitrogen and oxygen atoms in total. The second kappa shape index (κ2) is 7.29. The van der Waals surface area contributed by atoms with Gasteiger partial charge in [0.05, 0.1) is 16.3 Å². The molecule has 0 spiro atoms. The molecule has 1 atom stereocenters. The molecule has 0 fully saturated rings. The topological polar surface area (TPSA) is 12.0 Å². The zero-order valence-electron chi connectivity index (χ0n) is 10.9. The Kier molecular flexibility index (Phi) is 6.33. The molecular formula is C13H17ClF3NS. The molecule has 1 aromatic carbocycles. The third kappa shape index (κ3) is 5.15. The normalized spacial score (nSPS) is 13.4. The quantitative estimate of drug-likeness (QED) is 0.765. The molecule has 0 aromatic heterocycles. The van der Waals surface area contributed by atoms with Gasteiger partial charge in [-0.1, -0.05) is 25.4 Å². The summed E-state index contributed by atoms with van der Waals surface area (Å²) in [7, 11) is 0. The highest BCUT2D eigenvalue weighted by Gasteiger charge is 2.30. The van der Waals surface area contributed by atoms with Gasteiger partial charge in [0.25, 0.3) is 0 Å². The van der Waals surface area contributed by atoms with Gasteiger partial charge in [0.15, 0.2) is 0 Å². The van der Waals surface area contributed by atoms with Gasteiger partial charge in [0.1, 0.15) is 0 Å². The van der Waals surface area contributed by atoms with Crippen LogP contribution in [0.1, 0.15) is 25.8 Å². The molecule has 0 heterocycles. The van der Waals surface area contributed by atoms with Crippen molar-refractivity contribution in [3.63, 3.8) is 0 Å². The molecule has 108 valence electrons. The highest BCUT2D eigenvalue weighted by molar-refractivity contribution is 7.99. The molecule has 0 saturated heterocycles. The summed E-state index contributed by atoms with van der Waals surface area (Å²) in [5.74, 6) is 1.01. The molecule has 6 heteroatoms. The van der Waals surface area contributed by atoms with Crippen molar-refractivity contribution >= 4 is 29.1 Å². The van der Waals surface area contributed by atoms with Crippen LogP contribution in [0.3, 0.4) is 0 Å². The SMILES string of the molecule is CCSC(CC)CNc1ccc(C(F)(F)F)cc1Cl. The van der Waals surface area contributed by atoms with Gasteiger partial charge in [-0.25, -0.2) is 0 Å².